The van der Waals surface area contributed by atoms with Crippen LogP contribution in [0.15, 0.2) is 36.4 Å². The molecule has 2 heterocycles. The van der Waals surface area contributed by atoms with Gasteiger partial charge in [-0.05, 0) is 25.0 Å². The van der Waals surface area contributed by atoms with E-state index in [1.54, 1.807) is 13.0 Å². The van der Waals surface area contributed by atoms with Crippen molar-refractivity contribution < 1.29 is 24.2 Å². The second kappa shape index (κ2) is 8.22. The fraction of sp³-hybridized carbons (Fsp3) is 0.316. The number of carbonyl (C=O) groups excluding carboxylic acids is 2. The average molecular weight is 388 g/mol. The molecular weight excluding hydrogens is 368 g/mol. The molecule has 27 heavy (non-hydrogen) atoms. The monoisotopic (exact) mass is 388 g/mol. The number of carboxylic acids is 1. The molecule has 1 atom stereocenters. The molecule has 0 saturated carbocycles. The lowest BCUT2D eigenvalue weighted by Crippen LogP contribution is -2.34. The van der Waals surface area contributed by atoms with Gasteiger partial charge in [-0.1, -0.05) is 30.3 Å². The Balaban J connectivity index is 1.83. The van der Waals surface area contributed by atoms with E-state index in [4.69, 9.17) is 9.84 Å². The van der Waals surface area contributed by atoms with Crippen molar-refractivity contribution in [3.8, 4) is 10.4 Å². The number of aliphatic carboxylic acids is 1. The maximum atomic E-state index is 12.5. The van der Waals surface area contributed by atoms with E-state index in [0.29, 0.717) is 23.5 Å². The van der Waals surface area contributed by atoms with E-state index in [0.717, 1.165) is 10.4 Å². The number of rotatable bonds is 5. The summed E-state index contributed by atoms with van der Waals surface area (Å²) in [5.74, 6) is -1.95. The summed E-state index contributed by atoms with van der Waals surface area (Å²) in [6.07, 6.45) is 0.423. The molecule has 2 amide bonds. The van der Waals surface area contributed by atoms with Crippen LogP contribution in [-0.2, 0) is 9.53 Å². The highest BCUT2D eigenvalue weighted by molar-refractivity contribution is 7.18. The zero-order chi connectivity index (χ0) is 19.4. The fourth-order valence-electron chi connectivity index (χ4n) is 2.92. The highest BCUT2D eigenvalue weighted by atomic mass is 32.1. The van der Waals surface area contributed by atoms with Crippen molar-refractivity contribution in [2.45, 2.75) is 13.3 Å². The number of nitrogens with zero attached hydrogens (tertiary/aromatic N) is 1. The molecule has 0 aliphatic carbocycles. The lowest BCUT2D eigenvalue weighted by atomic mass is 10.1. The van der Waals surface area contributed by atoms with Crippen LogP contribution < -0.4 is 5.32 Å². The molecule has 8 heteroatoms. The first-order chi connectivity index (χ1) is 13.0. The molecule has 1 saturated heterocycles. The molecule has 2 aromatic rings. The first-order valence-electron chi connectivity index (χ1n) is 8.64. The predicted molar refractivity (Wildman–Crippen MR) is 102 cm³/mol. The second-order valence-corrected chi connectivity index (χ2v) is 7.19. The summed E-state index contributed by atoms with van der Waals surface area (Å²) in [5, 5.41) is 11.8. The molecule has 7 nitrogen and oxygen atoms in total. The maximum Gasteiger partial charge on any atom is 0.350 e. The minimum Gasteiger partial charge on any atom is -0.481 e. The largest absolute Gasteiger partial charge is 0.481 e. The van der Waals surface area contributed by atoms with E-state index in [1.165, 1.54) is 16.2 Å². The first-order valence-corrected chi connectivity index (χ1v) is 9.46. The molecule has 1 aliphatic rings. The SMILES string of the molecule is CCOC(=O)c1sc(-c2ccccc2)cc1NC(=O)N1CCC(C(=O)O)C1. The van der Waals surface area contributed by atoms with Crippen LogP contribution in [0.3, 0.4) is 0 Å². The lowest BCUT2D eigenvalue weighted by Gasteiger charge is -2.16. The summed E-state index contributed by atoms with van der Waals surface area (Å²) in [5.41, 5.74) is 1.31. The Morgan fingerprint density at radius 1 is 1.30 bits per heavy atom. The van der Waals surface area contributed by atoms with Gasteiger partial charge in [0.25, 0.3) is 0 Å². The van der Waals surface area contributed by atoms with Crippen molar-refractivity contribution in [3.05, 3.63) is 41.3 Å². The van der Waals surface area contributed by atoms with E-state index < -0.39 is 23.9 Å². The lowest BCUT2D eigenvalue weighted by molar-refractivity contribution is -0.141. The predicted octanol–water partition coefficient (Wildman–Crippen LogP) is 3.53. The van der Waals surface area contributed by atoms with Gasteiger partial charge < -0.3 is 20.1 Å². The topological polar surface area (TPSA) is 95.9 Å². The average Bonchev–Trinajstić information content (AvgIpc) is 3.30. The third-order valence-electron chi connectivity index (χ3n) is 4.32. The van der Waals surface area contributed by atoms with E-state index in [2.05, 4.69) is 5.32 Å². The Labute approximate surface area is 160 Å². The Bertz CT molecular complexity index is 849. The van der Waals surface area contributed by atoms with Gasteiger partial charge in [0.1, 0.15) is 4.88 Å². The molecule has 142 valence electrons. The van der Waals surface area contributed by atoms with Gasteiger partial charge in [-0.3, -0.25) is 4.79 Å². The molecule has 1 unspecified atom stereocenters. The minimum atomic E-state index is -0.903. The van der Waals surface area contributed by atoms with Crippen LogP contribution in [0.25, 0.3) is 10.4 Å². The number of likely N-dealkylation sites (tertiary alicyclic amines) is 1. The van der Waals surface area contributed by atoms with E-state index in [-0.39, 0.29) is 13.2 Å². The fourth-order valence-corrected chi connectivity index (χ4v) is 3.93. The highest BCUT2D eigenvalue weighted by Gasteiger charge is 2.31. The minimum absolute atomic E-state index is 0.158. The summed E-state index contributed by atoms with van der Waals surface area (Å²) in [4.78, 5) is 38.5. The molecule has 0 bridgehead atoms. The number of esters is 1. The van der Waals surface area contributed by atoms with Crippen LogP contribution in [-0.4, -0.2) is 47.7 Å². The van der Waals surface area contributed by atoms with E-state index in [9.17, 15) is 14.4 Å². The second-order valence-electron chi connectivity index (χ2n) is 6.14. The van der Waals surface area contributed by atoms with Gasteiger partial charge in [0, 0.05) is 18.0 Å². The van der Waals surface area contributed by atoms with Crippen LogP contribution in [0.1, 0.15) is 23.0 Å². The third-order valence-corrected chi connectivity index (χ3v) is 5.48. The van der Waals surface area contributed by atoms with Crippen molar-refractivity contribution in [3.63, 3.8) is 0 Å². The number of carboxylic acid groups (broad SMARTS) is 1. The first kappa shape index (κ1) is 18.9. The summed E-state index contributed by atoms with van der Waals surface area (Å²) in [6.45, 7) is 2.48. The summed E-state index contributed by atoms with van der Waals surface area (Å²) < 4.78 is 5.10. The Kier molecular flexibility index (Phi) is 5.75. The van der Waals surface area contributed by atoms with Gasteiger partial charge in [-0.15, -0.1) is 11.3 Å². The van der Waals surface area contributed by atoms with Crippen LogP contribution >= 0.6 is 11.3 Å². The van der Waals surface area contributed by atoms with Crippen molar-refractivity contribution >= 4 is 35.0 Å². The number of urea groups is 1. The van der Waals surface area contributed by atoms with Gasteiger partial charge in [0.2, 0.25) is 0 Å². The molecule has 0 spiro atoms. The third kappa shape index (κ3) is 4.28. The number of amides is 2. The van der Waals surface area contributed by atoms with Gasteiger partial charge >= 0.3 is 18.0 Å². The normalized spacial score (nSPS) is 16.2. The van der Waals surface area contributed by atoms with Crippen LogP contribution in [0.5, 0.6) is 0 Å². The molecule has 2 N–H and O–H groups in total. The summed E-state index contributed by atoms with van der Waals surface area (Å²) >= 11 is 1.25. The van der Waals surface area contributed by atoms with Crippen molar-refractivity contribution in [1.29, 1.82) is 0 Å². The summed E-state index contributed by atoms with van der Waals surface area (Å²) in [6, 6.07) is 10.9. The zero-order valence-corrected chi connectivity index (χ0v) is 15.6. The summed E-state index contributed by atoms with van der Waals surface area (Å²) in [7, 11) is 0. The Morgan fingerprint density at radius 3 is 2.67 bits per heavy atom. The van der Waals surface area contributed by atoms with Crippen LogP contribution in [0.2, 0.25) is 0 Å². The van der Waals surface area contributed by atoms with Crippen molar-refractivity contribution in [2.24, 2.45) is 5.92 Å². The van der Waals surface area contributed by atoms with Crippen LogP contribution in [0.4, 0.5) is 10.5 Å². The van der Waals surface area contributed by atoms with Crippen LogP contribution in [0, 0.1) is 5.92 Å². The van der Waals surface area contributed by atoms with Gasteiger partial charge in [0.05, 0.1) is 18.2 Å². The Hall–Kier alpha value is -2.87. The molecule has 0 radical (unpaired) electrons. The van der Waals surface area contributed by atoms with Crippen molar-refractivity contribution in [2.75, 3.05) is 25.0 Å². The number of anilines is 1. The van der Waals surface area contributed by atoms with Gasteiger partial charge in [-0.2, -0.15) is 0 Å². The van der Waals surface area contributed by atoms with Gasteiger partial charge in [-0.25, -0.2) is 9.59 Å². The number of benzene rings is 1. The van der Waals surface area contributed by atoms with Crippen molar-refractivity contribution in [1.82, 2.24) is 4.90 Å². The van der Waals surface area contributed by atoms with E-state index in [1.807, 2.05) is 30.3 Å². The number of carbonyl (C=O) groups is 3. The highest BCUT2D eigenvalue weighted by Crippen LogP contribution is 2.35. The quantitative estimate of drug-likeness (QED) is 0.764. The molecule has 1 aromatic heterocycles. The number of ether oxygens (including phenoxy) is 1. The van der Waals surface area contributed by atoms with E-state index >= 15 is 0 Å². The standard InChI is InChI=1S/C19H20N2O5S/c1-2-26-18(24)16-14(10-15(27-16)12-6-4-3-5-7-12)20-19(25)21-9-8-13(11-21)17(22)23/h3-7,10,13H,2,8-9,11H2,1H3,(H,20,25)(H,22,23). The smallest absolute Gasteiger partial charge is 0.350 e. The maximum absolute atomic E-state index is 12.5. The zero-order valence-electron chi connectivity index (χ0n) is 14.8. The number of nitrogens with one attached hydrogen (secondary N) is 1. The molecule has 3 rings (SSSR count). The number of hydrogen-bond donors (Lipinski definition) is 2. The molecular formula is C19H20N2O5S. The number of hydrogen-bond acceptors (Lipinski definition) is 5. The Morgan fingerprint density at radius 2 is 2.04 bits per heavy atom. The van der Waals surface area contributed by atoms with Gasteiger partial charge in [0.15, 0.2) is 0 Å². The molecule has 1 fully saturated rings. The molecule has 1 aromatic carbocycles. The molecule has 1 aliphatic heterocycles. The number of thiophene rings is 1.